The Morgan fingerprint density at radius 1 is 0.512 bits per heavy atom. The van der Waals surface area contributed by atoms with E-state index in [1.165, 1.54) is 29.0 Å². The van der Waals surface area contributed by atoms with Gasteiger partial charge in [0.2, 0.25) is 0 Å². The number of benzene rings is 2. The van der Waals surface area contributed by atoms with Crippen molar-refractivity contribution in [3.05, 3.63) is 165 Å². The Hall–Kier alpha value is -2.14. The fourth-order valence-corrected chi connectivity index (χ4v) is 2.25. The summed E-state index contributed by atoms with van der Waals surface area (Å²) in [5, 5.41) is 0. The molecule has 10 heteroatoms. The minimum absolute atomic E-state index is 0. The zero-order chi connectivity index (χ0) is 30.6. The van der Waals surface area contributed by atoms with Gasteiger partial charge in [0.15, 0.2) is 0 Å². The van der Waals surface area contributed by atoms with E-state index in [0.29, 0.717) is 0 Å². The third-order valence-corrected chi connectivity index (χ3v) is 3.99. The maximum Gasteiger partial charge on any atom is 0.0343 e. The van der Waals surface area contributed by atoms with Crippen LogP contribution in [-0.4, -0.2) is 21.6 Å². The molecule has 0 aromatic heterocycles. The molecule has 0 aliphatic carbocycles. The topological polar surface area (TPSA) is 98.1 Å². The maximum absolute atomic E-state index is 7.50. The van der Waals surface area contributed by atoms with Gasteiger partial charge in [-0.25, -0.2) is 23.3 Å². The van der Waals surface area contributed by atoms with E-state index in [4.69, 9.17) is 18.6 Å². The van der Waals surface area contributed by atoms with Crippen molar-refractivity contribution in [2.24, 2.45) is 0 Å². The van der Waals surface area contributed by atoms with E-state index in [1.807, 2.05) is 60.7 Å². The Labute approximate surface area is 297 Å². The SMILES string of the molecule is Cc1cc[cH-]c1.Cc1cc[cH-]c1.Cc1ccccc1.Cc1ccccc1.[Au+].[B].[C-]#[O+].[C-]#[O+].[C-]#[O+].[C-]#[O+].[CH-]1OCCO1.[Mn].[Mn]. The summed E-state index contributed by atoms with van der Waals surface area (Å²) in [6.07, 6.45) is 0. The quantitative estimate of drug-likeness (QED) is 0.108. The molecule has 1 aliphatic heterocycles. The van der Waals surface area contributed by atoms with Gasteiger partial charge in [-0.2, -0.15) is 36.4 Å². The zero-order valence-corrected chi connectivity index (χ0v) is 29.0. The molecule has 5 radical (unpaired) electrons. The van der Waals surface area contributed by atoms with Crippen LogP contribution in [0.4, 0.5) is 0 Å². The Kier molecular flexibility index (Phi) is 78.0. The summed E-state index contributed by atoms with van der Waals surface area (Å²) in [6.45, 7) is 29.1. The summed E-state index contributed by atoms with van der Waals surface area (Å²) in [6, 6.07) is 37.0. The van der Waals surface area contributed by atoms with Gasteiger partial charge in [-0.3, -0.25) is 0 Å². The number of rotatable bonds is 0. The van der Waals surface area contributed by atoms with E-state index < -0.39 is 0 Å². The normalized spacial score (nSPS) is 8.28. The van der Waals surface area contributed by atoms with E-state index in [2.05, 4.69) is 112 Å². The van der Waals surface area contributed by atoms with Gasteiger partial charge in [0.25, 0.3) is 0 Å². The van der Waals surface area contributed by atoms with Crippen LogP contribution in [0.1, 0.15) is 22.3 Å². The standard InChI is InChI=1S/2C7H8.2C6H7.C3H5O2.4CO.Au.B.2Mn/c2*1-7-5-3-2-4-6-7;2*1-6-4-2-3-5-6;1-2-5-3-4-1;4*1-2;;;;/h2*2-6H,1H3;2*2-5H,1H3;3H,1-2H2;;;;;;;;/q;;3*-1;;;;;+1;;;. The van der Waals surface area contributed by atoms with Crippen LogP contribution >= 0.6 is 0 Å². The molecule has 0 atom stereocenters. The summed E-state index contributed by atoms with van der Waals surface area (Å²) in [7, 11) is 0. The molecular formula is C33H35AuBMn2O6-2. The third kappa shape index (κ3) is 52.9. The minimum atomic E-state index is 0. The van der Waals surface area contributed by atoms with Crippen molar-refractivity contribution in [1.82, 2.24) is 0 Å². The molecule has 5 rings (SSSR count). The molecule has 0 bridgehead atoms. The summed E-state index contributed by atoms with van der Waals surface area (Å²) in [5.74, 6) is 0. The second kappa shape index (κ2) is 55.7. The van der Waals surface area contributed by atoms with Gasteiger partial charge in [-0.05, 0) is 13.8 Å². The van der Waals surface area contributed by atoms with Crippen LogP contribution in [0.15, 0.2) is 109 Å². The Morgan fingerprint density at radius 3 is 0.884 bits per heavy atom. The van der Waals surface area contributed by atoms with Crippen molar-refractivity contribution in [3.63, 3.8) is 0 Å². The fraction of sp³-hybridized carbons (Fsp3) is 0.182. The minimum Gasteiger partial charge on any atom is -0.523 e. The van der Waals surface area contributed by atoms with Crippen molar-refractivity contribution in [2.45, 2.75) is 27.7 Å². The molecule has 1 fully saturated rings. The van der Waals surface area contributed by atoms with Crippen LogP contribution in [0.25, 0.3) is 0 Å². The Balaban J connectivity index is -0.0000000550. The van der Waals surface area contributed by atoms with Gasteiger partial charge in [-0.1, -0.05) is 92.4 Å². The third-order valence-electron chi connectivity index (χ3n) is 3.99. The van der Waals surface area contributed by atoms with Crippen molar-refractivity contribution < 1.29 is 84.6 Å². The van der Waals surface area contributed by atoms with Crippen LogP contribution in [0.5, 0.6) is 0 Å². The molecule has 4 aromatic carbocycles. The Morgan fingerprint density at radius 2 is 0.791 bits per heavy atom. The molecule has 4 aromatic rings. The van der Waals surface area contributed by atoms with E-state index in [1.54, 1.807) is 0 Å². The molecule has 0 saturated carbocycles. The number of hydrogen-bond donors (Lipinski definition) is 0. The predicted octanol–water partition coefficient (Wildman–Crippen LogP) is 7.03. The summed E-state index contributed by atoms with van der Waals surface area (Å²) >= 11 is 0. The molecule has 6 nitrogen and oxygen atoms in total. The number of hydrogen-bond acceptors (Lipinski definition) is 2. The van der Waals surface area contributed by atoms with Crippen molar-refractivity contribution in [2.75, 3.05) is 13.2 Å². The number of aryl methyl sites for hydroxylation is 4. The molecule has 0 unspecified atom stereocenters. The molecule has 0 amide bonds. The summed E-state index contributed by atoms with van der Waals surface area (Å²) in [5.41, 5.74) is 5.33. The zero-order valence-electron chi connectivity index (χ0n) is 24.5. The van der Waals surface area contributed by atoms with E-state index >= 15 is 0 Å². The van der Waals surface area contributed by atoms with E-state index in [0.717, 1.165) is 13.2 Å². The van der Waals surface area contributed by atoms with Gasteiger partial charge >= 0.3 is 67.6 Å². The van der Waals surface area contributed by atoms with Crippen molar-refractivity contribution in [1.29, 1.82) is 0 Å². The first kappa shape index (κ1) is 60.1. The summed E-state index contributed by atoms with van der Waals surface area (Å²) < 4.78 is 39.2. The molecule has 0 N–H and O–H groups in total. The van der Waals surface area contributed by atoms with E-state index in [9.17, 15) is 0 Å². The van der Waals surface area contributed by atoms with Gasteiger partial charge in [0.05, 0.1) is 0 Å². The molecule has 1 aliphatic rings. The van der Waals surface area contributed by atoms with Crippen LogP contribution in [0.3, 0.4) is 0 Å². The second-order valence-corrected chi connectivity index (χ2v) is 7.07. The first-order valence-electron chi connectivity index (χ1n) is 11.3. The summed E-state index contributed by atoms with van der Waals surface area (Å²) in [4.78, 5) is 0. The predicted molar refractivity (Wildman–Crippen MR) is 154 cm³/mol. The van der Waals surface area contributed by atoms with Crippen LogP contribution in [-0.2, 0) is 84.6 Å². The van der Waals surface area contributed by atoms with E-state index in [-0.39, 0.29) is 64.9 Å². The van der Waals surface area contributed by atoms with Crippen LogP contribution in [0.2, 0.25) is 0 Å². The van der Waals surface area contributed by atoms with Crippen LogP contribution in [0, 0.1) is 61.1 Å². The average Bonchev–Trinajstić information content (AvgIpc) is 3.82. The molecule has 233 valence electrons. The Bertz CT molecular complexity index is 933. The maximum atomic E-state index is 7.50. The van der Waals surface area contributed by atoms with Crippen molar-refractivity contribution in [3.8, 4) is 0 Å². The van der Waals surface area contributed by atoms with Gasteiger partial charge in [-0.15, -0.1) is 0 Å². The van der Waals surface area contributed by atoms with Crippen LogP contribution < -0.4 is 0 Å². The molecule has 43 heavy (non-hydrogen) atoms. The fourth-order valence-electron chi connectivity index (χ4n) is 2.25. The second-order valence-electron chi connectivity index (χ2n) is 7.07. The first-order chi connectivity index (χ1) is 19.1. The van der Waals surface area contributed by atoms with Gasteiger partial charge < -0.3 is 9.47 Å². The monoisotopic (exact) mass is 845 g/mol. The largest absolute Gasteiger partial charge is 0.523 e. The van der Waals surface area contributed by atoms with Crippen molar-refractivity contribution >= 4 is 8.41 Å². The smallest absolute Gasteiger partial charge is 0.0343 e. The molecule has 0 spiro atoms. The number of ether oxygens (including phenoxy) is 2. The molecule has 1 heterocycles. The average molecular weight is 845 g/mol. The first-order valence-corrected chi connectivity index (χ1v) is 11.3. The molecular weight excluding hydrogens is 810 g/mol. The molecule has 1 saturated heterocycles. The van der Waals surface area contributed by atoms with Gasteiger partial charge in [0, 0.05) is 55.8 Å². The van der Waals surface area contributed by atoms with Gasteiger partial charge in [0.1, 0.15) is 0 Å².